The molecule has 1 aromatic carbocycles. The topological polar surface area (TPSA) is 60.9 Å². The van der Waals surface area contributed by atoms with Crippen molar-refractivity contribution in [3.8, 4) is 5.13 Å². The molecule has 2 heterocycles. The molecule has 0 saturated carbocycles. The van der Waals surface area contributed by atoms with Gasteiger partial charge in [-0.25, -0.2) is 4.98 Å². The number of amides is 1. The van der Waals surface area contributed by atoms with Gasteiger partial charge in [-0.15, -0.1) is 11.3 Å². The first-order chi connectivity index (χ1) is 8.27. The number of aromatic nitrogens is 2. The van der Waals surface area contributed by atoms with Gasteiger partial charge in [0.1, 0.15) is 5.69 Å². The van der Waals surface area contributed by atoms with E-state index in [0.717, 1.165) is 16.0 Å². The number of primary amides is 1. The zero-order valence-electron chi connectivity index (χ0n) is 8.83. The molecule has 0 atom stereocenters. The number of hydrogen-bond donors (Lipinski definition) is 1. The molecular formula is C12H9N3OS. The second-order valence-electron chi connectivity index (χ2n) is 3.60. The van der Waals surface area contributed by atoms with Crippen LogP contribution in [0.2, 0.25) is 0 Å². The highest BCUT2D eigenvalue weighted by Crippen LogP contribution is 2.25. The molecule has 3 aromatic rings. The minimum atomic E-state index is -0.448. The van der Waals surface area contributed by atoms with E-state index >= 15 is 0 Å². The molecule has 0 unspecified atom stereocenters. The molecular weight excluding hydrogens is 234 g/mol. The lowest BCUT2D eigenvalue weighted by Gasteiger charge is -2.03. The van der Waals surface area contributed by atoms with Crippen LogP contribution < -0.4 is 5.73 Å². The highest BCUT2D eigenvalue weighted by Gasteiger charge is 2.15. The third kappa shape index (κ3) is 1.52. The Kier molecular flexibility index (Phi) is 2.19. The fraction of sp³-hybridized carbons (Fsp3) is 0. The van der Waals surface area contributed by atoms with Gasteiger partial charge in [0.2, 0.25) is 0 Å². The van der Waals surface area contributed by atoms with E-state index in [4.69, 9.17) is 5.73 Å². The van der Waals surface area contributed by atoms with Gasteiger partial charge in [-0.05, 0) is 12.1 Å². The van der Waals surface area contributed by atoms with Crippen LogP contribution in [0.1, 0.15) is 10.5 Å². The van der Waals surface area contributed by atoms with E-state index in [1.54, 1.807) is 16.8 Å². The van der Waals surface area contributed by atoms with Crippen LogP contribution in [0, 0.1) is 0 Å². The molecule has 3 rings (SSSR count). The standard InChI is InChI=1S/C12H9N3OS/c13-11(16)10-7-8-3-1-2-4-9(8)15(10)12-14-5-6-17-12/h1-7H,(H2,13,16). The summed E-state index contributed by atoms with van der Waals surface area (Å²) in [6, 6.07) is 9.55. The lowest BCUT2D eigenvalue weighted by atomic mass is 10.2. The maximum absolute atomic E-state index is 11.5. The Morgan fingerprint density at radius 2 is 2.18 bits per heavy atom. The Morgan fingerprint density at radius 1 is 1.35 bits per heavy atom. The quantitative estimate of drug-likeness (QED) is 0.750. The average molecular weight is 243 g/mol. The molecule has 84 valence electrons. The van der Waals surface area contributed by atoms with Crippen molar-refractivity contribution in [1.29, 1.82) is 0 Å². The van der Waals surface area contributed by atoms with E-state index in [0.29, 0.717) is 5.69 Å². The number of para-hydroxylation sites is 1. The molecule has 1 amide bonds. The van der Waals surface area contributed by atoms with Gasteiger partial charge in [0.15, 0.2) is 5.13 Å². The van der Waals surface area contributed by atoms with Crippen LogP contribution in [0.4, 0.5) is 0 Å². The SMILES string of the molecule is NC(=O)c1cc2ccccc2n1-c1nccs1. The summed E-state index contributed by atoms with van der Waals surface area (Å²) in [7, 11) is 0. The molecule has 2 N–H and O–H groups in total. The molecule has 5 heteroatoms. The smallest absolute Gasteiger partial charge is 0.265 e. The van der Waals surface area contributed by atoms with Crippen molar-refractivity contribution in [1.82, 2.24) is 9.55 Å². The molecule has 2 aromatic heterocycles. The Bertz CT molecular complexity index is 685. The number of hydrogen-bond acceptors (Lipinski definition) is 3. The van der Waals surface area contributed by atoms with Crippen LogP contribution in [0.15, 0.2) is 41.9 Å². The van der Waals surface area contributed by atoms with Gasteiger partial charge in [0.25, 0.3) is 5.91 Å². The Balaban J connectivity index is 2.40. The molecule has 4 nitrogen and oxygen atoms in total. The zero-order valence-corrected chi connectivity index (χ0v) is 9.65. The number of nitrogens with two attached hydrogens (primary N) is 1. The number of thiazole rings is 1. The van der Waals surface area contributed by atoms with Gasteiger partial charge in [0.05, 0.1) is 5.52 Å². The average Bonchev–Trinajstić information content (AvgIpc) is 2.94. The molecule has 0 saturated heterocycles. The van der Waals surface area contributed by atoms with E-state index in [2.05, 4.69) is 4.98 Å². The summed E-state index contributed by atoms with van der Waals surface area (Å²) in [6.45, 7) is 0. The minimum Gasteiger partial charge on any atom is -0.364 e. The van der Waals surface area contributed by atoms with Gasteiger partial charge in [-0.1, -0.05) is 18.2 Å². The third-order valence-corrected chi connectivity index (χ3v) is 3.33. The maximum atomic E-state index is 11.5. The normalized spacial score (nSPS) is 10.8. The summed E-state index contributed by atoms with van der Waals surface area (Å²) >= 11 is 1.47. The zero-order chi connectivity index (χ0) is 11.8. The highest BCUT2D eigenvalue weighted by atomic mass is 32.1. The van der Waals surface area contributed by atoms with Gasteiger partial charge < -0.3 is 5.73 Å². The van der Waals surface area contributed by atoms with E-state index in [9.17, 15) is 4.79 Å². The van der Waals surface area contributed by atoms with Crippen molar-refractivity contribution in [3.05, 3.63) is 47.6 Å². The van der Waals surface area contributed by atoms with Crippen molar-refractivity contribution in [2.45, 2.75) is 0 Å². The van der Waals surface area contributed by atoms with Crippen LogP contribution in [-0.4, -0.2) is 15.5 Å². The number of rotatable bonds is 2. The lowest BCUT2D eigenvalue weighted by Crippen LogP contribution is -2.15. The summed E-state index contributed by atoms with van der Waals surface area (Å²) in [5.41, 5.74) is 6.80. The largest absolute Gasteiger partial charge is 0.364 e. The number of carbonyl (C=O) groups excluding carboxylic acids is 1. The fourth-order valence-corrected chi connectivity index (χ4v) is 2.54. The first-order valence-electron chi connectivity index (χ1n) is 5.07. The highest BCUT2D eigenvalue weighted by molar-refractivity contribution is 7.12. The number of carbonyl (C=O) groups is 1. The van der Waals surface area contributed by atoms with Gasteiger partial charge >= 0.3 is 0 Å². The minimum absolute atomic E-state index is 0.448. The van der Waals surface area contributed by atoms with E-state index < -0.39 is 5.91 Å². The van der Waals surface area contributed by atoms with Crippen molar-refractivity contribution in [2.75, 3.05) is 0 Å². The molecule has 0 fully saturated rings. The molecule has 0 aliphatic rings. The van der Waals surface area contributed by atoms with Crippen molar-refractivity contribution >= 4 is 28.1 Å². The van der Waals surface area contributed by atoms with E-state index in [-0.39, 0.29) is 0 Å². The predicted octanol–water partition coefficient (Wildman–Crippen LogP) is 2.19. The van der Waals surface area contributed by atoms with Gasteiger partial charge in [-0.2, -0.15) is 0 Å². The number of benzene rings is 1. The van der Waals surface area contributed by atoms with Crippen LogP contribution in [0.5, 0.6) is 0 Å². The Labute approximate surface area is 101 Å². The fourth-order valence-electron chi connectivity index (χ4n) is 1.87. The maximum Gasteiger partial charge on any atom is 0.265 e. The second kappa shape index (κ2) is 3.71. The second-order valence-corrected chi connectivity index (χ2v) is 4.48. The Morgan fingerprint density at radius 3 is 2.88 bits per heavy atom. The van der Waals surface area contributed by atoms with E-state index in [1.807, 2.05) is 29.6 Å². The third-order valence-electron chi connectivity index (χ3n) is 2.57. The predicted molar refractivity (Wildman–Crippen MR) is 67.5 cm³/mol. The molecule has 0 aliphatic carbocycles. The molecule has 0 aliphatic heterocycles. The summed E-state index contributed by atoms with van der Waals surface area (Å²) < 4.78 is 1.79. The van der Waals surface area contributed by atoms with E-state index in [1.165, 1.54) is 11.3 Å². The summed E-state index contributed by atoms with van der Waals surface area (Å²) in [6.07, 6.45) is 1.71. The molecule has 0 radical (unpaired) electrons. The van der Waals surface area contributed by atoms with Crippen LogP contribution in [-0.2, 0) is 0 Å². The monoisotopic (exact) mass is 243 g/mol. The lowest BCUT2D eigenvalue weighted by molar-refractivity contribution is 0.0994. The summed E-state index contributed by atoms with van der Waals surface area (Å²) in [5, 5.41) is 3.60. The molecule has 0 bridgehead atoms. The molecule has 17 heavy (non-hydrogen) atoms. The summed E-state index contributed by atoms with van der Waals surface area (Å²) in [4.78, 5) is 15.7. The van der Waals surface area contributed by atoms with Crippen molar-refractivity contribution < 1.29 is 4.79 Å². The number of nitrogens with zero attached hydrogens (tertiary/aromatic N) is 2. The first kappa shape index (κ1) is 10.0. The van der Waals surface area contributed by atoms with Gasteiger partial charge in [0, 0.05) is 17.0 Å². The van der Waals surface area contributed by atoms with Crippen LogP contribution >= 0.6 is 11.3 Å². The van der Waals surface area contributed by atoms with Crippen LogP contribution in [0.25, 0.3) is 16.0 Å². The van der Waals surface area contributed by atoms with Gasteiger partial charge in [-0.3, -0.25) is 9.36 Å². The summed E-state index contributed by atoms with van der Waals surface area (Å²) in [5.74, 6) is -0.448. The molecule has 0 spiro atoms. The van der Waals surface area contributed by atoms with Crippen molar-refractivity contribution in [2.24, 2.45) is 5.73 Å². The van der Waals surface area contributed by atoms with Crippen LogP contribution in [0.3, 0.4) is 0 Å². The Hall–Kier alpha value is -2.14. The number of fused-ring (bicyclic) bond motifs is 1. The van der Waals surface area contributed by atoms with Crippen molar-refractivity contribution in [3.63, 3.8) is 0 Å². The first-order valence-corrected chi connectivity index (χ1v) is 5.95.